The molecule has 116 valence electrons. The largest absolute Gasteiger partial charge is 0.249 e. The van der Waals surface area contributed by atoms with Crippen molar-refractivity contribution in [2.24, 2.45) is 5.10 Å². The van der Waals surface area contributed by atoms with Crippen LogP contribution in [0.2, 0.25) is 0 Å². The van der Waals surface area contributed by atoms with Crippen molar-refractivity contribution in [1.82, 2.24) is 14.9 Å². The number of rotatable bonds is 5. The van der Waals surface area contributed by atoms with E-state index in [0.29, 0.717) is 9.93 Å². The van der Waals surface area contributed by atoms with E-state index in [1.807, 2.05) is 18.2 Å². The van der Waals surface area contributed by atoms with E-state index in [4.69, 9.17) is 12.2 Å². The van der Waals surface area contributed by atoms with Crippen LogP contribution in [0.3, 0.4) is 0 Å². The Morgan fingerprint density at radius 2 is 1.91 bits per heavy atom. The van der Waals surface area contributed by atoms with E-state index in [1.165, 1.54) is 29.5 Å². The lowest BCUT2D eigenvalue weighted by Crippen LogP contribution is -1.94. The summed E-state index contributed by atoms with van der Waals surface area (Å²) < 4.78 is 14.9. The minimum atomic E-state index is -0.277. The molecule has 0 amide bonds. The Bertz CT molecular complexity index is 854. The summed E-state index contributed by atoms with van der Waals surface area (Å²) in [5, 5.41) is 11.9. The Labute approximate surface area is 142 Å². The SMILES string of the molecule is Fc1ccc(/C=N\n2c(SCc3ccccc3)n[nH]c2=S)cc1. The molecular formula is C16H13FN4S2. The van der Waals surface area contributed by atoms with Gasteiger partial charge in [0.15, 0.2) is 0 Å². The minimum absolute atomic E-state index is 0.277. The third kappa shape index (κ3) is 4.14. The first-order valence-electron chi connectivity index (χ1n) is 6.86. The molecule has 0 saturated carbocycles. The number of nitrogens with zero attached hydrogens (tertiary/aromatic N) is 3. The summed E-state index contributed by atoms with van der Waals surface area (Å²) >= 11 is 6.74. The van der Waals surface area contributed by atoms with Crippen molar-refractivity contribution in [1.29, 1.82) is 0 Å². The van der Waals surface area contributed by atoms with Crippen LogP contribution in [0.5, 0.6) is 0 Å². The number of hydrogen-bond acceptors (Lipinski definition) is 4. The molecule has 3 aromatic rings. The normalized spacial score (nSPS) is 11.2. The van der Waals surface area contributed by atoms with E-state index >= 15 is 0 Å². The molecule has 0 spiro atoms. The Morgan fingerprint density at radius 1 is 1.17 bits per heavy atom. The van der Waals surface area contributed by atoms with Crippen LogP contribution in [0.25, 0.3) is 0 Å². The standard InChI is InChI=1S/C16H13FN4S2/c17-14-8-6-12(7-9-14)10-18-21-15(22)19-20-16(21)23-11-13-4-2-1-3-5-13/h1-10H,11H2,(H,19,22)/b18-10-. The summed E-state index contributed by atoms with van der Waals surface area (Å²) in [6, 6.07) is 16.2. The average molecular weight is 344 g/mol. The van der Waals surface area contributed by atoms with Gasteiger partial charge >= 0.3 is 0 Å². The lowest BCUT2D eigenvalue weighted by molar-refractivity contribution is 0.628. The van der Waals surface area contributed by atoms with Crippen LogP contribution in [0.1, 0.15) is 11.1 Å². The fourth-order valence-electron chi connectivity index (χ4n) is 1.87. The molecule has 0 unspecified atom stereocenters. The lowest BCUT2D eigenvalue weighted by Gasteiger charge is -2.01. The number of nitrogens with one attached hydrogen (secondary N) is 1. The smallest absolute Gasteiger partial charge is 0.217 e. The maximum atomic E-state index is 12.9. The molecule has 7 heteroatoms. The number of H-pyrrole nitrogens is 1. The van der Waals surface area contributed by atoms with Gasteiger partial charge in [-0.15, -0.1) is 5.10 Å². The van der Waals surface area contributed by atoms with Crippen molar-refractivity contribution < 1.29 is 4.39 Å². The van der Waals surface area contributed by atoms with Gasteiger partial charge < -0.3 is 0 Å². The predicted octanol–water partition coefficient (Wildman–Crippen LogP) is 4.25. The van der Waals surface area contributed by atoms with Gasteiger partial charge in [-0.3, -0.25) is 0 Å². The summed E-state index contributed by atoms with van der Waals surface area (Å²) in [5.74, 6) is 0.494. The molecule has 4 nitrogen and oxygen atoms in total. The van der Waals surface area contributed by atoms with Gasteiger partial charge in [0.1, 0.15) is 5.82 Å². The van der Waals surface area contributed by atoms with E-state index in [-0.39, 0.29) is 5.82 Å². The summed E-state index contributed by atoms with van der Waals surface area (Å²) in [6.45, 7) is 0. The highest BCUT2D eigenvalue weighted by Crippen LogP contribution is 2.20. The number of benzene rings is 2. The highest BCUT2D eigenvalue weighted by molar-refractivity contribution is 7.98. The van der Waals surface area contributed by atoms with Gasteiger partial charge in [-0.1, -0.05) is 54.2 Å². The average Bonchev–Trinajstić information content (AvgIpc) is 2.93. The van der Waals surface area contributed by atoms with Gasteiger partial charge in [0.05, 0.1) is 6.21 Å². The zero-order valence-electron chi connectivity index (χ0n) is 12.0. The molecule has 0 fully saturated rings. The lowest BCUT2D eigenvalue weighted by atomic mass is 10.2. The monoisotopic (exact) mass is 344 g/mol. The highest BCUT2D eigenvalue weighted by Gasteiger charge is 2.06. The molecular weight excluding hydrogens is 331 g/mol. The van der Waals surface area contributed by atoms with E-state index in [1.54, 1.807) is 23.0 Å². The van der Waals surface area contributed by atoms with Crippen LogP contribution in [0.15, 0.2) is 64.9 Å². The summed E-state index contributed by atoms with van der Waals surface area (Å²) in [6.07, 6.45) is 1.62. The molecule has 0 aliphatic heterocycles. The highest BCUT2D eigenvalue weighted by atomic mass is 32.2. The third-order valence-corrected chi connectivity index (χ3v) is 4.29. The molecule has 0 atom stereocenters. The van der Waals surface area contributed by atoms with Crippen molar-refractivity contribution >= 4 is 30.2 Å². The third-order valence-electron chi connectivity index (χ3n) is 3.02. The first-order valence-corrected chi connectivity index (χ1v) is 8.26. The van der Waals surface area contributed by atoms with Crippen molar-refractivity contribution in [3.05, 3.63) is 76.3 Å². The summed E-state index contributed by atoms with van der Waals surface area (Å²) in [7, 11) is 0. The number of hydrogen-bond donors (Lipinski definition) is 1. The molecule has 2 aromatic carbocycles. The van der Waals surface area contributed by atoms with Crippen molar-refractivity contribution in [2.75, 3.05) is 0 Å². The van der Waals surface area contributed by atoms with Gasteiger partial charge in [0.25, 0.3) is 0 Å². The Hall–Kier alpha value is -2.25. The van der Waals surface area contributed by atoms with Gasteiger partial charge in [-0.2, -0.15) is 9.78 Å². The first kappa shape index (κ1) is 15.6. The van der Waals surface area contributed by atoms with Crippen LogP contribution in [-0.2, 0) is 5.75 Å². The Balaban J connectivity index is 1.76. The molecule has 0 aliphatic rings. The number of thioether (sulfide) groups is 1. The Morgan fingerprint density at radius 3 is 2.65 bits per heavy atom. The quantitative estimate of drug-likeness (QED) is 0.427. The number of halogens is 1. The van der Waals surface area contributed by atoms with Crippen molar-refractivity contribution in [2.45, 2.75) is 10.9 Å². The maximum Gasteiger partial charge on any atom is 0.217 e. The van der Waals surface area contributed by atoms with E-state index in [9.17, 15) is 4.39 Å². The second-order valence-corrected chi connectivity index (χ2v) is 6.02. The minimum Gasteiger partial charge on any atom is -0.249 e. The molecule has 0 bridgehead atoms. The van der Waals surface area contributed by atoms with Gasteiger partial charge in [0.2, 0.25) is 9.93 Å². The molecule has 1 N–H and O–H groups in total. The molecule has 23 heavy (non-hydrogen) atoms. The van der Waals surface area contributed by atoms with Crippen LogP contribution in [0.4, 0.5) is 4.39 Å². The fraction of sp³-hybridized carbons (Fsp3) is 0.0625. The molecule has 0 saturated heterocycles. The fourth-order valence-corrected chi connectivity index (χ4v) is 2.96. The molecule has 1 heterocycles. The van der Waals surface area contributed by atoms with E-state index in [2.05, 4.69) is 27.4 Å². The Kier molecular flexibility index (Phi) is 4.99. The molecule has 1 aromatic heterocycles. The zero-order chi connectivity index (χ0) is 16.1. The van der Waals surface area contributed by atoms with E-state index in [0.717, 1.165) is 11.3 Å². The molecule has 0 radical (unpaired) electrons. The van der Waals surface area contributed by atoms with Gasteiger partial charge in [-0.05, 0) is 35.5 Å². The first-order chi connectivity index (χ1) is 11.2. The van der Waals surface area contributed by atoms with Gasteiger partial charge in [0, 0.05) is 5.75 Å². The molecule has 0 aliphatic carbocycles. The van der Waals surface area contributed by atoms with Gasteiger partial charge in [-0.25, -0.2) is 9.49 Å². The number of aromatic amines is 1. The van der Waals surface area contributed by atoms with Crippen LogP contribution in [0, 0.1) is 10.6 Å². The topological polar surface area (TPSA) is 46.0 Å². The van der Waals surface area contributed by atoms with Crippen molar-refractivity contribution in [3.63, 3.8) is 0 Å². The summed E-state index contributed by atoms with van der Waals surface area (Å²) in [5.41, 5.74) is 1.98. The van der Waals surface area contributed by atoms with Crippen molar-refractivity contribution in [3.8, 4) is 0 Å². The van der Waals surface area contributed by atoms with Crippen LogP contribution >= 0.6 is 24.0 Å². The second kappa shape index (κ2) is 7.34. The zero-order valence-corrected chi connectivity index (χ0v) is 13.6. The predicted molar refractivity (Wildman–Crippen MR) is 92.8 cm³/mol. The number of aromatic nitrogens is 3. The summed E-state index contributed by atoms with van der Waals surface area (Å²) in [4.78, 5) is 0. The van der Waals surface area contributed by atoms with E-state index < -0.39 is 0 Å². The molecule has 3 rings (SSSR count). The van der Waals surface area contributed by atoms with Crippen LogP contribution in [-0.4, -0.2) is 21.1 Å². The second-order valence-electron chi connectivity index (χ2n) is 4.69. The van der Waals surface area contributed by atoms with Crippen LogP contribution < -0.4 is 0 Å². The maximum absolute atomic E-state index is 12.9.